The van der Waals surface area contributed by atoms with E-state index in [1.807, 2.05) is 0 Å². The van der Waals surface area contributed by atoms with Crippen molar-refractivity contribution < 1.29 is 27.4 Å². The Bertz CT molecular complexity index is 1140. The summed E-state index contributed by atoms with van der Waals surface area (Å²) < 4.78 is 50.8. The summed E-state index contributed by atoms with van der Waals surface area (Å²) in [5.41, 5.74) is 1.13. The lowest BCUT2D eigenvalue weighted by Gasteiger charge is -2.21. The average molecular weight is 408 g/mol. The van der Waals surface area contributed by atoms with Crippen molar-refractivity contribution in [1.82, 2.24) is 9.38 Å². The van der Waals surface area contributed by atoms with Crippen LogP contribution in [0.2, 0.25) is 0 Å². The first-order valence-electron chi connectivity index (χ1n) is 8.38. The number of phenols is 1. The molecule has 0 radical (unpaired) electrons. The molecule has 3 rings (SSSR count). The number of fused-ring (bicyclic) bond motifs is 1. The van der Waals surface area contributed by atoms with E-state index in [2.05, 4.69) is 4.98 Å². The van der Waals surface area contributed by atoms with Gasteiger partial charge < -0.3 is 14.6 Å². The zero-order valence-electron chi connectivity index (χ0n) is 16.1. The molecule has 0 spiro atoms. The third-order valence-electron chi connectivity index (χ3n) is 4.41. The SMILES string of the molecule is COc1cc2ncc(-c3cc(O)c(OC)c(F)c3)n2cc1S(=O)(=O)C(C)(C)C. The van der Waals surface area contributed by atoms with Crippen molar-refractivity contribution in [1.29, 1.82) is 0 Å². The smallest absolute Gasteiger partial charge is 0.196 e. The lowest BCUT2D eigenvalue weighted by atomic mass is 10.1. The van der Waals surface area contributed by atoms with Crippen LogP contribution in [0.15, 0.2) is 35.5 Å². The predicted octanol–water partition coefficient (Wildman–Crippen LogP) is 3.44. The molecular formula is C19H21FN2O5S. The minimum Gasteiger partial charge on any atom is -0.504 e. The number of sulfone groups is 1. The van der Waals surface area contributed by atoms with Crippen LogP contribution in [0.3, 0.4) is 0 Å². The molecule has 0 aliphatic rings. The zero-order valence-corrected chi connectivity index (χ0v) is 17.0. The zero-order chi connectivity index (χ0) is 20.9. The molecule has 0 amide bonds. The molecule has 0 bridgehead atoms. The molecule has 3 aromatic rings. The Morgan fingerprint density at radius 3 is 2.36 bits per heavy atom. The topological polar surface area (TPSA) is 90.1 Å². The fraction of sp³-hybridized carbons (Fsp3) is 0.316. The maximum Gasteiger partial charge on any atom is 0.196 e. The standard InChI is InChI=1S/C19H21FN2O5S/c1-19(2,3)28(24,25)16-10-22-13(9-21-17(22)8-15(16)26-4)11-6-12(20)18(27-5)14(23)7-11/h6-10,23H,1-5H3. The highest BCUT2D eigenvalue weighted by molar-refractivity contribution is 7.92. The maximum atomic E-state index is 14.2. The van der Waals surface area contributed by atoms with Gasteiger partial charge in [0.25, 0.3) is 0 Å². The number of phenolic OH excluding ortho intramolecular Hbond substituents is 1. The number of ether oxygens (including phenoxy) is 2. The number of methoxy groups -OCH3 is 2. The molecule has 1 N–H and O–H groups in total. The van der Waals surface area contributed by atoms with E-state index in [1.165, 1.54) is 49.2 Å². The second-order valence-electron chi connectivity index (χ2n) is 7.20. The van der Waals surface area contributed by atoms with Crippen LogP contribution in [-0.4, -0.2) is 41.9 Å². The van der Waals surface area contributed by atoms with Gasteiger partial charge >= 0.3 is 0 Å². The number of pyridine rings is 1. The number of halogens is 1. The van der Waals surface area contributed by atoms with Crippen molar-refractivity contribution in [3.05, 3.63) is 36.4 Å². The highest BCUT2D eigenvalue weighted by Gasteiger charge is 2.34. The van der Waals surface area contributed by atoms with Crippen LogP contribution in [-0.2, 0) is 9.84 Å². The number of aromatic hydroxyl groups is 1. The number of imidazole rings is 1. The Morgan fingerprint density at radius 1 is 1.14 bits per heavy atom. The average Bonchev–Trinajstić information content (AvgIpc) is 3.02. The number of hydrogen-bond donors (Lipinski definition) is 1. The van der Waals surface area contributed by atoms with Gasteiger partial charge in [-0.2, -0.15) is 0 Å². The van der Waals surface area contributed by atoms with E-state index in [4.69, 9.17) is 9.47 Å². The molecule has 9 heteroatoms. The Morgan fingerprint density at radius 2 is 1.82 bits per heavy atom. The summed E-state index contributed by atoms with van der Waals surface area (Å²) in [4.78, 5) is 4.24. The Balaban J connectivity index is 2.30. The van der Waals surface area contributed by atoms with Crippen molar-refractivity contribution in [3.8, 4) is 28.5 Å². The number of benzene rings is 1. The van der Waals surface area contributed by atoms with Crippen LogP contribution < -0.4 is 9.47 Å². The first-order chi connectivity index (χ1) is 13.0. The quantitative estimate of drug-likeness (QED) is 0.711. The molecule has 150 valence electrons. The Hall–Kier alpha value is -2.81. The van der Waals surface area contributed by atoms with Gasteiger partial charge in [-0.05, 0) is 32.9 Å². The molecule has 2 heterocycles. The molecule has 2 aromatic heterocycles. The van der Waals surface area contributed by atoms with Crippen LogP contribution >= 0.6 is 0 Å². The molecular weight excluding hydrogens is 387 g/mol. The Labute approximate surface area is 162 Å². The fourth-order valence-corrected chi connectivity index (χ4v) is 4.13. The molecule has 1 aromatic carbocycles. The molecule has 0 atom stereocenters. The van der Waals surface area contributed by atoms with Crippen molar-refractivity contribution in [2.24, 2.45) is 0 Å². The van der Waals surface area contributed by atoms with Crippen LogP contribution in [0.5, 0.6) is 17.2 Å². The number of rotatable bonds is 4. The van der Waals surface area contributed by atoms with E-state index in [1.54, 1.807) is 20.8 Å². The molecule has 0 aliphatic carbocycles. The van der Waals surface area contributed by atoms with E-state index in [0.717, 1.165) is 0 Å². The van der Waals surface area contributed by atoms with Gasteiger partial charge in [0.1, 0.15) is 16.3 Å². The lowest BCUT2D eigenvalue weighted by Crippen LogP contribution is -2.28. The second kappa shape index (κ2) is 6.66. The summed E-state index contributed by atoms with van der Waals surface area (Å²) >= 11 is 0. The number of hydrogen-bond acceptors (Lipinski definition) is 6. The van der Waals surface area contributed by atoms with Gasteiger partial charge in [-0.15, -0.1) is 0 Å². The highest BCUT2D eigenvalue weighted by atomic mass is 32.2. The highest BCUT2D eigenvalue weighted by Crippen LogP contribution is 2.37. The van der Waals surface area contributed by atoms with Crippen LogP contribution in [0.4, 0.5) is 4.39 Å². The van der Waals surface area contributed by atoms with Gasteiger partial charge in [0.05, 0.1) is 30.9 Å². The van der Waals surface area contributed by atoms with Crippen LogP contribution in [0.25, 0.3) is 16.9 Å². The van der Waals surface area contributed by atoms with Crippen molar-refractivity contribution in [2.45, 2.75) is 30.4 Å². The Kier molecular flexibility index (Phi) is 4.74. The van der Waals surface area contributed by atoms with E-state index in [0.29, 0.717) is 16.9 Å². The number of aromatic nitrogens is 2. The van der Waals surface area contributed by atoms with Gasteiger partial charge in [0.15, 0.2) is 27.2 Å². The van der Waals surface area contributed by atoms with Gasteiger partial charge in [-0.25, -0.2) is 17.8 Å². The summed E-state index contributed by atoms with van der Waals surface area (Å²) in [6.45, 7) is 4.78. The molecule has 0 fully saturated rings. The predicted molar refractivity (Wildman–Crippen MR) is 102 cm³/mol. The minimum atomic E-state index is -3.73. The molecule has 0 unspecified atom stereocenters. The molecule has 0 saturated carbocycles. The number of nitrogens with zero attached hydrogens (tertiary/aromatic N) is 2. The second-order valence-corrected chi connectivity index (χ2v) is 9.88. The summed E-state index contributed by atoms with van der Waals surface area (Å²) in [6.07, 6.45) is 2.86. The largest absolute Gasteiger partial charge is 0.504 e. The normalized spacial score (nSPS) is 12.4. The van der Waals surface area contributed by atoms with E-state index in [-0.39, 0.29) is 22.1 Å². The van der Waals surface area contributed by atoms with Gasteiger partial charge in [0.2, 0.25) is 0 Å². The summed E-state index contributed by atoms with van der Waals surface area (Å²) in [6, 6.07) is 4.01. The van der Waals surface area contributed by atoms with Crippen molar-refractivity contribution in [3.63, 3.8) is 0 Å². The van der Waals surface area contributed by atoms with Crippen LogP contribution in [0, 0.1) is 5.82 Å². The lowest BCUT2D eigenvalue weighted by molar-refractivity contribution is 0.351. The van der Waals surface area contributed by atoms with Crippen molar-refractivity contribution >= 4 is 15.5 Å². The molecule has 28 heavy (non-hydrogen) atoms. The minimum absolute atomic E-state index is 0.00699. The summed E-state index contributed by atoms with van der Waals surface area (Å²) in [7, 11) is -1.10. The first kappa shape index (κ1) is 19.9. The van der Waals surface area contributed by atoms with E-state index in [9.17, 15) is 17.9 Å². The molecule has 0 saturated heterocycles. The first-order valence-corrected chi connectivity index (χ1v) is 9.86. The summed E-state index contributed by atoms with van der Waals surface area (Å²) in [5, 5.41) is 10.0. The van der Waals surface area contributed by atoms with E-state index >= 15 is 0 Å². The van der Waals surface area contributed by atoms with E-state index < -0.39 is 20.4 Å². The van der Waals surface area contributed by atoms with Gasteiger partial charge in [0, 0.05) is 17.8 Å². The maximum absolute atomic E-state index is 14.2. The fourth-order valence-electron chi connectivity index (χ4n) is 2.82. The molecule has 7 nitrogen and oxygen atoms in total. The van der Waals surface area contributed by atoms with Crippen molar-refractivity contribution in [2.75, 3.05) is 14.2 Å². The summed E-state index contributed by atoms with van der Waals surface area (Å²) in [5.74, 6) is -1.22. The van der Waals surface area contributed by atoms with Gasteiger partial charge in [-0.1, -0.05) is 0 Å². The third-order valence-corrected chi connectivity index (χ3v) is 6.91. The third kappa shape index (κ3) is 3.05. The van der Waals surface area contributed by atoms with Crippen LogP contribution in [0.1, 0.15) is 20.8 Å². The monoisotopic (exact) mass is 408 g/mol. The van der Waals surface area contributed by atoms with Gasteiger partial charge in [-0.3, -0.25) is 4.40 Å². The molecule has 0 aliphatic heterocycles.